The monoisotopic (exact) mass is 353 g/mol. The number of rotatable bonds is 7. The van der Waals surface area contributed by atoms with E-state index >= 15 is 0 Å². The lowest BCUT2D eigenvalue weighted by atomic mass is 10.1. The third-order valence-electron chi connectivity index (χ3n) is 4.04. The van der Waals surface area contributed by atoms with Gasteiger partial charge in [-0.25, -0.2) is 0 Å². The number of hydrogen-bond acceptors (Lipinski definition) is 3. The number of nitrogens with one attached hydrogen (secondary N) is 2. The van der Waals surface area contributed by atoms with Crippen molar-refractivity contribution in [3.63, 3.8) is 0 Å². The second kappa shape index (κ2) is 9.04. The fraction of sp³-hybridized carbons (Fsp3) is 0.333. The summed E-state index contributed by atoms with van der Waals surface area (Å²) in [5.74, 6) is 0.0333. The predicted molar refractivity (Wildman–Crippen MR) is 106 cm³/mol. The van der Waals surface area contributed by atoms with E-state index in [-0.39, 0.29) is 18.4 Å². The number of nitrogens with zero attached hydrogens (tertiary/aromatic N) is 1. The zero-order chi connectivity index (χ0) is 19.1. The molecule has 0 fully saturated rings. The van der Waals surface area contributed by atoms with Crippen LogP contribution in [0.15, 0.2) is 42.5 Å². The van der Waals surface area contributed by atoms with Crippen molar-refractivity contribution in [2.45, 2.75) is 26.7 Å². The van der Waals surface area contributed by atoms with Crippen LogP contribution >= 0.6 is 0 Å². The first-order valence-corrected chi connectivity index (χ1v) is 8.74. The molecule has 138 valence electrons. The van der Waals surface area contributed by atoms with Crippen molar-refractivity contribution in [3.8, 4) is 0 Å². The fourth-order valence-corrected chi connectivity index (χ4v) is 2.70. The number of benzene rings is 2. The van der Waals surface area contributed by atoms with Crippen molar-refractivity contribution in [1.82, 2.24) is 4.90 Å². The molecule has 2 aromatic carbocycles. The Balaban J connectivity index is 1.81. The van der Waals surface area contributed by atoms with Crippen LogP contribution in [0, 0.1) is 13.8 Å². The van der Waals surface area contributed by atoms with Gasteiger partial charge in [0.05, 0.1) is 6.54 Å². The summed E-state index contributed by atoms with van der Waals surface area (Å²) < 4.78 is 0. The maximum absolute atomic E-state index is 12.1. The lowest BCUT2D eigenvalue weighted by Gasteiger charge is -2.11. The summed E-state index contributed by atoms with van der Waals surface area (Å²) in [5, 5.41) is 6.02. The largest absolute Gasteiger partial charge is 0.376 e. The van der Waals surface area contributed by atoms with E-state index in [0.29, 0.717) is 12.8 Å². The smallest absolute Gasteiger partial charge is 0.243 e. The van der Waals surface area contributed by atoms with Gasteiger partial charge in [0.1, 0.15) is 0 Å². The summed E-state index contributed by atoms with van der Waals surface area (Å²) in [6, 6.07) is 13.8. The molecule has 0 saturated heterocycles. The Kier molecular flexibility index (Phi) is 6.78. The minimum absolute atomic E-state index is 0.0874. The summed E-state index contributed by atoms with van der Waals surface area (Å²) in [6.45, 7) is 4.22. The molecule has 2 N–H and O–H groups in total. The number of hydrogen-bond donors (Lipinski definition) is 2. The lowest BCUT2D eigenvalue weighted by Crippen LogP contribution is -2.22. The molecular weight excluding hydrogens is 326 g/mol. The SMILES string of the molecule is Cc1cc(C)cc(NC(=O)CNc2ccc(CCC(=O)N(C)C)cc2)c1. The van der Waals surface area contributed by atoms with Crippen LogP contribution in [0.25, 0.3) is 0 Å². The van der Waals surface area contributed by atoms with Crippen LogP contribution in [-0.2, 0) is 16.0 Å². The summed E-state index contributed by atoms with van der Waals surface area (Å²) in [7, 11) is 3.52. The normalized spacial score (nSPS) is 10.3. The Hall–Kier alpha value is -2.82. The van der Waals surface area contributed by atoms with Gasteiger partial charge in [0.15, 0.2) is 0 Å². The van der Waals surface area contributed by atoms with E-state index in [1.165, 1.54) is 0 Å². The summed E-state index contributed by atoms with van der Waals surface area (Å²) >= 11 is 0. The Bertz CT molecular complexity index is 747. The maximum Gasteiger partial charge on any atom is 0.243 e. The minimum Gasteiger partial charge on any atom is -0.376 e. The molecule has 0 aliphatic heterocycles. The highest BCUT2D eigenvalue weighted by molar-refractivity contribution is 5.93. The summed E-state index contributed by atoms with van der Waals surface area (Å²) in [5.41, 5.74) is 5.04. The molecule has 0 unspecified atom stereocenters. The van der Waals surface area contributed by atoms with E-state index < -0.39 is 0 Å². The van der Waals surface area contributed by atoms with Crippen molar-refractivity contribution in [2.75, 3.05) is 31.3 Å². The van der Waals surface area contributed by atoms with Crippen molar-refractivity contribution in [2.24, 2.45) is 0 Å². The van der Waals surface area contributed by atoms with Crippen LogP contribution in [0.2, 0.25) is 0 Å². The van der Waals surface area contributed by atoms with Gasteiger partial charge in [-0.15, -0.1) is 0 Å². The molecule has 5 heteroatoms. The van der Waals surface area contributed by atoms with Gasteiger partial charge in [-0.3, -0.25) is 9.59 Å². The summed E-state index contributed by atoms with van der Waals surface area (Å²) in [6.07, 6.45) is 1.21. The number of aryl methyl sites for hydroxylation is 3. The lowest BCUT2D eigenvalue weighted by molar-refractivity contribution is -0.128. The number of amides is 2. The zero-order valence-corrected chi connectivity index (χ0v) is 15.9. The third kappa shape index (κ3) is 6.24. The molecule has 0 radical (unpaired) electrons. The van der Waals surface area contributed by atoms with Gasteiger partial charge in [-0.05, 0) is 61.2 Å². The van der Waals surface area contributed by atoms with E-state index in [1.807, 2.05) is 50.2 Å². The molecule has 0 atom stereocenters. The highest BCUT2D eigenvalue weighted by Gasteiger charge is 2.06. The molecule has 0 aromatic heterocycles. The molecule has 0 saturated carbocycles. The molecule has 2 aromatic rings. The zero-order valence-electron chi connectivity index (χ0n) is 15.9. The van der Waals surface area contributed by atoms with Crippen LogP contribution in [0.1, 0.15) is 23.1 Å². The standard InChI is InChI=1S/C21H27N3O2/c1-15-11-16(2)13-19(12-15)23-20(25)14-22-18-8-5-17(6-9-18)7-10-21(26)24(3)4/h5-6,8-9,11-13,22H,7,10,14H2,1-4H3,(H,23,25). The average Bonchev–Trinajstić information content (AvgIpc) is 2.57. The van der Waals surface area contributed by atoms with E-state index in [0.717, 1.165) is 28.1 Å². The molecule has 2 amide bonds. The van der Waals surface area contributed by atoms with Gasteiger partial charge in [-0.1, -0.05) is 18.2 Å². The first kappa shape index (κ1) is 19.5. The second-order valence-electron chi connectivity index (χ2n) is 6.76. The molecule has 2 rings (SSSR count). The topological polar surface area (TPSA) is 61.4 Å². The minimum atomic E-state index is -0.0874. The van der Waals surface area contributed by atoms with Gasteiger partial charge in [0.2, 0.25) is 11.8 Å². The van der Waals surface area contributed by atoms with Crippen LogP contribution in [0.5, 0.6) is 0 Å². The summed E-state index contributed by atoms with van der Waals surface area (Å²) in [4.78, 5) is 25.3. The Morgan fingerprint density at radius 3 is 2.12 bits per heavy atom. The highest BCUT2D eigenvalue weighted by atomic mass is 16.2. The quantitative estimate of drug-likeness (QED) is 0.802. The van der Waals surface area contributed by atoms with E-state index in [2.05, 4.69) is 16.7 Å². The van der Waals surface area contributed by atoms with Gasteiger partial charge >= 0.3 is 0 Å². The number of carbonyl (C=O) groups excluding carboxylic acids is 2. The second-order valence-corrected chi connectivity index (χ2v) is 6.76. The molecule has 26 heavy (non-hydrogen) atoms. The van der Waals surface area contributed by atoms with E-state index in [9.17, 15) is 9.59 Å². The third-order valence-corrected chi connectivity index (χ3v) is 4.04. The van der Waals surface area contributed by atoms with Crippen molar-refractivity contribution >= 4 is 23.2 Å². The number of carbonyl (C=O) groups is 2. The maximum atomic E-state index is 12.1. The van der Waals surface area contributed by atoms with Crippen LogP contribution in [0.4, 0.5) is 11.4 Å². The molecule has 0 spiro atoms. The van der Waals surface area contributed by atoms with Crippen molar-refractivity contribution < 1.29 is 9.59 Å². The Labute approximate surface area is 155 Å². The molecule has 0 aliphatic carbocycles. The highest BCUT2D eigenvalue weighted by Crippen LogP contribution is 2.14. The van der Waals surface area contributed by atoms with Crippen molar-refractivity contribution in [1.29, 1.82) is 0 Å². The Morgan fingerprint density at radius 1 is 0.923 bits per heavy atom. The Morgan fingerprint density at radius 2 is 1.54 bits per heavy atom. The first-order chi connectivity index (χ1) is 12.3. The van der Waals surface area contributed by atoms with Gasteiger partial charge in [0.25, 0.3) is 0 Å². The molecule has 5 nitrogen and oxygen atoms in total. The van der Waals surface area contributed by atoms with Crippen LogP contribution < -0.4 is 10.6 Å². The van der Waals surface area contributed by atoms with E-state index in [1.54, 1.807) is 19.0 Å². The van der Waals surface area contributed by atoms with Crippen LogP contribution in [0.3, 0.4) is 0 Å². The van der Waals surface area contributed by atoms with Gasteiger partial charge < -0.3 is 15.5 Å². The van der Waals surface area contributed by atoms with Gasteiger partial charge in [-0.2, -0.15) is 0 Å². The van der Waals surface area contributed by atoms with Crippen LogP contribution in [-0.4, -0.2) is 37.4 Å². The molecule has 0 bridgehead atoms. The molecule has 0 heterocycles. The molecular formula is C21H27N3O2. The average molecular weight is 353 g/mol. The van der Waals surface area contributed by atoms with Gasteiger partial charge in [0, 0.05) is 31.9 Å². The number of anilines is 2. The van der Waals surface area contributed by atoms with E-state index in [4.69, 9.17) is 0 Å². The first-order valence-electron chi connectivity index (χ1n) is 8.74. The fourth-order valence-electron chi connectivity index (χ4n) is 2.70. The predicted octanol–water partition coefficient (Wildman–Crippen LogP) is 3.37. The van der Waals surface area contributed by atoms with Crippen molar-refractivity contribution in [3.05, 3.63) is 59.2 Å². The molecule has 0 aliphatic rings.